The Morgan fingerprint density at radius 1 is 1.00 bits per heavy atom. The highest BCUT2D eigenvalue weighted by molar-refractivity contribution is 5.58. The average molecular weight is 212 g/mol. The summed E-state index contributed by atoms with van der Waals surface area (Å²) in [5, 5.41) is 11.7. The van der Waals surface area contributed by atoms with Gasteiger partial charge in [-0.15, -0.1) is 10.2 Å². The molecule has 1 fully saturated rings. The molecule has 0 aromatic carbocycles. The average Bonchev–Trinajstić information content (AvgIpc) is 3.15. The quantitative estimate of drug-likeness (QED) is 0.846. The number of nitrogens with one attached hydrogen (secondary N) is 1. The maximum absolute atomic E-state index is 4.19. The summed E-state index contributed by atoms with van der Waals surface area (Å²) in [6.45, 7) is 0. The number of anilines is 1. The first-order chi connectivity index (χ1) is 7.92. The van der Waals surface area contributed by atoms with Crippen molar-refractivity contribution in [2.24, 2.45) is 0 Å². The van der Waals surface area contributed by atoms with Crippen molar-refractivity contribution in [1.82, 2.24) is 15.2 Å². The summed E-state index contributed by atoms with van der Waals surface area (Å²) < 4.78 is 0. The maximum atomic E-state index is 4.19. The third kappa shape index (κ3) is 2.00. The molecule has 0 radical (unpaired) electrons. The van der Waals surface area contributed by atoms with Gasteiger partial charge in [0, 0.05) is 24.0 Å². The molecule has 2 aromatic heterocycles. The molecule has 1 saturated carbocycles. The number of aromatic nitrogens is 3. The fourth-order valence-corrected chi connectivity index (χ4v) is 1.52. The van der Waals surface area contributed by atoms with Crippen LogP contribution in [0.3, 0.4) is 0 Å². The normalized spacial score (nSPS) is 14.8. The van der Waals surface area contributed by atoms with E-state index in [-0.39, 0.29) is 0 Å². The first-order valence-electron chi connectivity index (χ1n) is 5.42. The molecule has 4 heteroatoms. The first kappa shape index (κ1) is 9.27. The lowest BCUT2D eigenvalue weighted by atomic mass is 10.2. The van der Waals surface area contributed by atoms with Gasteiger partial charge in [-0.3, -0.25) is 4.98 Å². The summed E-state index contributed by atoms with van der Waals surface area (Å²) in [7, 11) is 0. The second kappa shape index (κ2) is 3.89. The summed E-state index contributed by atoms with van der Waals surface area (Å²) in [5.41, 5.74) is 1.92. The topological polar surface area (TPSA) is 50.7 Å². The summed E-state index contributed by atoms with van der Waals surface area (Å²) in [4.78, 5) is 3.98. The predicted octanol–water partition coefficient (Wildman–Crippen LogP) is 2.11. The SMILES string of the molecule is c1cc(-c2ccc(NC3CC3)nn2)ccn1. The molecule has 0 atom stereocenters. The number of pyridine rings is 1. The van der Waals surface area contributed by atoms with Crippen molar-refractivity contribution in [2.75, 3.05) is 5.32 Å². The molecule has 1 aliphatic rings. The van der Waals surface area contributed by atoms with E-state index >= 15 is 0 Å². The van der Waals surface area contributed by atoms with Crippen LogP contribution in [0, 0.1) is 0 Å². The highest BCUT2D eigenvalue weighted by atomic mass is 15.2. The molecule has 0 aliphatic heterocycles. The van der Waals surface area contributed by atoms with Crippen molar-refractivity contribution >= 4 is 5.82 Å². The molecule has 1 N–H and O–H groups in total. The zero-order chi connectivity index (χ0) is 10.8. The lowest BCUT2D eigenvalue weighted by Crippen LogP contribution is -2.03. The maximum Gasteiger partial charge on any atom is 0.148 e. The van der Waals surface area contributed by atoms with Gasteiger partial charge in [-0.1, -0.05) is 0 Å². The molecule has 4 nitrogen and oxygen atoms in total. The molecular formula is C12H12N4. The Kier molecular flexibility index (Phi) is 2.25. The van der Waals surface area contributed by atoms with Gasteiger partial charge in [-0.05, 0) is 37.1 Å². The lowest BCUT2D eigenvalue weighted by Gasteiger charge is -2.03. The van der Waals surface area contributed by atoms with E-state index in [1.54, 1.807) is 12.4 Å². The summed E-state index contributed by atoms with van der Waals surface area (Å²) >= 11 is 0. The zero-order valence-electron chi connectivity index (χ0n) is 8.80. The third-order valence-corrected chi connectivity index (χ3v) is 2.57. The van der Waals surface area contributed by atoms with Gasteiger partial charge < -0.3 is 5.32 Å². The van der Waals surface area contributed by atoms with Gasteiger partial charge in [0.15, 0.2) is 0 Å². The molecule has 2 aromatic rings. The molecular weight excluding hydrogens is 200 g/mol. The van der Waals surface area contributed by atoms with Crippen LogP contribution in [-0.4, -0.2) is 21.2 Å². The number of hydrogen-bond donors (Lipinski definition) is 1. The Hall–Kier alpha value is -1.97. The van der Waals surface area contributed by atoms with Crippen molar-refractivity contribution < 1.29 is 0 Å². The van der Waals surface area contributed by atoms with Crippen molar-refractivity contribution in [1.29, 1.82) is 0 Å². The van der Waals surface area contributed by atoms with Crippen molar-refractivity contribution in [2.45, 2.75) is 18.9 Å². The number of nitrogens with zero attached hydrogens (tertiary/aromatic N) is 3. The van der Waals surface area contributed by atoms with E-state index in [1.807, 2.05) is 24.3 Å². The van der Waals surface area contributed by atoms with Crippen molar-refractivity contribution in [3.63, 3.8) is 0 Å². The molecule has 0 bridgehead atoms. The molecule has 3 rings (SSSR count). The van der Waals surface area contributed by atoms with E-state index in [4.69, 9.17) is 0 Å². The highest BCUT2D eigenvalue weighted by Crippen LogP contribution is 2.24. The van der Waals surface area contributed by atoms with E-state index in [2.05, 4.69) is 20.5 Å². The Morgan fingerprint density at radius 2 is 1.81 bits per heavy atom. The van der Waals surface area contributed by atoms with E-state index in [9.17, 15) is 0 Å². The van der Waals surface area contributed by atoms with E-state index in [0.717, 1.165) is 17.1 Å². The molecule has 80 valence electrons. The van der Waals surface area contributed by atoms with Crippen LogP contribution < -0.4 is 5.32 Å². The molecule has 0 amide bonds. The molecule has 0 unspecified atom stereocenters. The van der Waals surface area contributed by atoms with Gasteiger partial charge in [0.2, 0.25) is 0 Å². The van der Waals surface area contributed by atoms with Gasteiger partial charge in [0.05, 0.1) is 5.69 Å². The van der Waals surface area contributed by atoms with Gasteiger partial charge in [0.1, 0.15) is 5.82 Å². The minimum atomic E-state index is 0.612. The van der Waals surface area contributed by atoms with Gasteiger partial charge in [-0.25, -0.2) is 0 Å². The van der Waals surface area contributed by atoms with Crippen LogP contribution in [0.5, 0.6) is 0 Å². The Bertz CT molecular complexity index is 462. The van der Waals surface area contributed by atoms with Crippen molar-refractivity contribution in [3.8, 4) is 11.3 Å². The minimum absolute atomic E-state index is 0.612. The molecule has 0 saturated heterocycles. The zero-order valence-corrected chi connectivity index (χ0v) is 8.80. The number of rotatable bonds is 3. The van der Waals surface area contributed by atoms with E-state index < -0.39 is 0 Å². The predicted molar refractivity (Wildman–Crippen MR) is 61.9 cm³/mol. The standard InChI is InChI=1S/C12H12N4/c1-2-10(1)14-12-4-3-11(15-16-12)9-5-7-13-8-6-9/h3-8,10H,1-2H2,(H,14,16). The van der Waals surface area contributed by atoms with E-state index in [1.165, 1.54) is 12.8 Å². The Balaban J connectivity index is 1.81. The van der Waals surface area contributed by atoms with Crippen LogP contribution in [0.4, 0.5) is 5.82 Å². The summed E-state index contributed by atoms with van der Waals surface area (Å²) in [6, 6.07) is 8.42. The van der Waals surface area contributed by atoms with Gasteiger partial charge in [0.25, 0.3) is 0 Å². The largest absolute Gasteiger partial charge is 0.366 e. The van der Waals surface area contributed by atoms with Crippen LogP contribution in [0.1, 0.15) is 12.8 Å². The first-order valence-corrected chi connectivity index (χ1v) is 5.42. The van der Waals surface area contributed by atoms with Crippen LogP contribution >= 0.6 is 0 Å². The second-order valence-electron chi connectivity index (χ2n) is 3.96. The van der Waals surface area contributed by atoms with Crippen molar-refractivity contribution in [3.05, 3.63) is 36.7 Å². The Labute approximate surface area is 93.8 Å². The smallest absolute Gasteiger partial charge is 0.148 e. The molecule has 16 heavy (non-hydrogen) atoms. The monoisotopic (exact) mass is 212 g/mol. The van der Waals surface area contributed by atoms with E-state index in [0.29, 0.717) is 6.04 Å². The fraction of sp³-hybridized carbons (Fsp3) is 0.250. The third-order valence-electron chi connectivity index (χ3n) is 2.57. The van der Waals surface area contributed by atoms with Gasteiger partial charge >= 0.3 is 0 Å². The Morgan fingerprint density at radius 3 is 2.44 bits per heavy atom. The summed E-state index contributed by atoms with van der Waals surface area (Å²) in [5.74, 6) is 0.861. The summed E-state index contributed by atoms with van der Waals surface area (Å²) in [6.07, 6.45) is 6.00. The lowest BCUT2D eigenvalue weighted by molar-refractivity contribution is 1.00. The molecule has 1 aliphatic carbocycles. The second-order valence-corrected chi connectivity index (χ2v) is 3.96. The number of hydrogen-bond acceptors (Lipinski definition) is 4. The fourth-order valence-electron chi connectivity index (χ4n) is 1.52. The molecule has 2 heterocycles. The van der Waals surface area contributed by atoms with Crippen LogP contribution in [-0.2, 0) is 0 Å². The minimum Gasteiger partial charge on any atom is -0.366 e. The van der Waals surface area contributed by atoms with Crippen LogP contribution in [0.2, 0.25) is 0 Å². The van der Waals surface area contributed by atoms with Crippen LogP contribution in [0.15, 0.2) is 36.7 Å². The van der Waals surface area contributed by atoms with Crippen LogP contribution in [0.25, 0.3) is 11.3 Å². The van der Waals surface area contributed by atoms with Gasteiger partial charge in [-0.2, -0.15) is 0 Å². The molecule has 0 spiro atoms. The highest BCUT2D eigenvalue weighted by Gasteiger charge is 2.21.